The van der Waals surface area contributed by atoms with Crippen LogP contribution in [0.3, 0.4) is 0 Å². The summed E-state index contributed by atoms with van der Waals surface area (Å²) in [5.74, 6) is -0.531. The molecule has 23 heavy (non-hydrogen) atoms. The molecule has 0 bridgehead atoms. The minimum absolute atomic E-state index is 0.154. The van der Waals surface area contributed by atoms with Gasteiger partial charge in [-0.25, -0.2) is 12.7 Å². The molecule has 2 heterocycles. The lowest BCUT2D eigenvalue weighted by atomic mass is 9.88. The first kappa shape index (κ1) is 15.9. The molecule has 1 aliphatic carbocycles. The molecule has 8 nitrogen and oxygen atoms in total. The molecule has 2 N–H and O–H groups in total. The lowest BCUT2D eigenvalue weighted by molar-refractivity contribution is -0.113. The Balaban J connectivity index is 2.24. The van der Waals surface area contributed by atoms with Gasteiger partial charge in [0.25, 0.3) is 5.91 Å². The van der Waals surface area contributed by atoms with E-state index in [4.69, 9.17) is 5.21 Å². The molecule has 1 saturated heterocycles. The highest BCUT2D eigenvalue weighted by atomic mass is 32.2. The van der Waals surface area contributed by atoms with Crippen molar-refractivity contribution in [2.45, 2.75) is 5.25 Å². The lowest BCUT2D eigenvalue weighted by Gasteiger charge is -2.33. The molecule has 0 saturated carbocycles. The Bertz CT molecular complexity index is 805. The fraction of sp³-hybridized carbons (Fsp3) is 0.429. The number of fused-ring (bicyclic) bond motifs is 2. The van der Waals surface area contributed by atoms with Crippen molar-refractivity contribution in [3.05, 3.63) is 34.6 Å². The van der Waals surface area contributed by atoms with Crippen LogP contribution in [0, 0.1) is 0 Å². The highest BCUT2D eigenvalue weighted by Crippen LogP contribution is 2.37. The number of rotatable bonds is 2. The number of nitrogens with one attached hydrogen (secondary N) is 1. The Kier molecular flexibility index (Phi) is 3.66. The van der Waals surface area contributed by atoms with E-state index in [9.17, 15) is 13.2 Å². The van der Waals surface area contributed by atoms with Crippen molar-refractivity contribution >= 4 is 21.6 Å². The van der Waals surface area contributed by atoms with Crippen LogP contribution in [0.2, 0.25) is 0 Å². The van der Waals surface area contributed by atoms with Crippen molar-refractivity contribution in [1.82, 2.24) is 14.5 Å². The summed E-state index contributed by atoms with van der Waals surface area (Å²) in [5, 5.41) is 13.9. The van der Waals surface area contributed by atoms with Gasteiger partial charge < -0.3 is 10.5 Å². The number of amides is 1. The van der Waals surface area contributed by atoms with Crippen LogP contribution in [0.1, 0.15) is 0 Å². The number of sulfonamides is 1. The number of carbonyl (C=O) groups is 1. The van der Waals surface area contributed by atoms with E-state index in [-0.39, 0.29) is 5.71 Å². The van der Waals surface area contributed by atoms with Gasteiger partial charge in [-0.3, -0.25) is 9.69 Å². The highest BCUT2D eigenvalue weighted by Gasteiger charge is 2.43. The third kappa shape index (κ3) is 2.32. The van der Waals surface area contributed by atoms with E-state index in [1.54, 1.807) is 0 Å². The SMILES string of the molecule is CN1CC=C2C(=C3NC(=O)C(=NO)C3=CC2S(=O)(=O)N(C)C)C1. The van der Waals surface area contributed by atoms with Crippen LogP contribution in [-0.4, -0.2) is 73.9 Å². The summed E-state index contributed by atoms with van der Waals surface area (Å²) in [6, 6.07) is 0. The first-order valence-corrected chi connectivity index (χ1v) is 8.57. The molecule has 3 rings (SSSR count). The molecule has 1 unspecified atom stereocenters. The van der Waals surface area contributed by atoms with Crippen LogP contribution in [0.15, 0.2) is 39.7 Å². The Morgan fingerprint density at radius 1 is 1.43 bits per heavy atom. The van der Waals surface area contributed by atoms with E-state index in [0.29, 0.717) is 29.9 Å². The monoisotopic (exact) mass is 338 g/mol. The predicted octanol–water partition coefficient (Wildman–Crippen LogP) is -0.728. The smallest absolute Gasteiger partial charge is 0.278 e. The van der Waals surface area contributed by atoms with E-state index in [1.165, 1.54) is 20.2 Å². The summed E-state index contributed by atoms with van der Waals surface area (Å²) < 4.78 is 26.5. The van der Waals surface area contributed by atoms with Crippen molar-refractivity contribution in [2.75, 3.05) is 34.2 Å². The molecule has 124 valence electrons. The summed E-state index contributed by atoms with van der Waals surface area (Å²) in [5.41, 5.74) is 2.15. The van der Waals surface area contributed by atoms with Crippen LogP contribution in [0.4, 0.5) is 0 Å². The van der Waals surface area contributed by atoms with E-state index < -0.39 is 21.2 Å². The van der Waals surface area contributed by atoms with Crippen LogP contribution in [-0.2, 0) is 14.8 Å². The molecule has 0 aromatic carbocycles. The zero-order valence-corrected chi connectivity index (χ0v) is 13.9. The predicted molar refractivity (Wildman–Crippen MR) is 84.4 cm³/mol. The molecular weight excluding hydrogens is 320 g/mol. The molecular formula is C14H18N4O4S. The molecule has 0 radical (unpaired) electrons. The van der Waals surface area contributed by atoms with Crippen molar-refractivity contribution in [2.24, 2.45) is 5.16 Å². The Morgan fingerprint density at radius 3 is 2.74 bits per heavy atom. The second-order valence-corrected chi connectivity index (χ2v) is 8.21. The van der Waals surface area contributed by atoms with Gasteiger partial charge in [0, 0.05) is 32.8 Å². The van der Waals surface area contributed by atoms with Gasteiger partial charge in [0.05, 0.1) is 5.70 Å². The van der Waals surface area contributed by atoms with Gasteiger partial charge in [-0.15, -0.1) is 0 Å². The Labute approximate surface area is 134 Å². The molecule has 0 aromatic heterocycles. The average Bonchev–Trinajstić information content (AvgIpc) is 2.81. The normalized spacial score (nSPS) is 26.9. The van der Waals surface area contributed by atoms with Crippen molar-refractivity contribution in [3.63, 3.8) is 0 Å². The summed E-state index contributed by atoms with van der Waals surface area (Å²) in [7, 11) is 1.24. The van der Waals surface area contributed by atoms with Gasteiger partial charge in [0.15, 0.2) is 5.71 Å². The largest absolute Gasteiger partial charge is 0.410 e. The maximum Gasteiger partial charge on any atom is 0.278 e. The van der Waals surface area contributed by atoms with Gasteiger partial charge in [0.2, 0.25) is 10.0 Å². The number of likely N-dealkylation sites (N-methyl/N-ethyl adjacent to an activating group) is 1. The van der Waals surface area contributed by atoms with Gasteiger partial charge in [-0.1, -0.05) is 11.2 Å². The van der Waals surface area contributed by atoms with Crippen LogP contribution >= 0.6 is 0 Å². The van der Waals surface area contributed by atoms with Crippen LogP contribution in [0.5, 0.6) is 0 Å². The first-order chi connectivity index (χ1) is 10.8. The van der Waals surface area contributed by atoms with E-state index >= 15 is 0 Å². The van der Waals surface area contributed by atoms with Gasteiger partial charge in [-0.05, 0) is 24.3 Å². The molecule has 1 atom stereocenters. The first-order valence-electron chi connectivity index (χ1n) is 7.06. The van der Waals surface area contributed by atoms with Crippen LogP contribution in [0.25, 0.3) is 0 Å². The van der Waals surface area contributed by atoms with E-state index in [0.717, 1.165) is 9.88 Å². The second-order valence-electron chi connectivity index (χ2n) is 5.94. The maximum absolute atomic E-state index is 12.7. The van der Waals surface area contributed by atoms with Crippen molar-refractivity contribution < 1.29 is 18.4 Å². The minimum Gasteiger partial charge on any atom is -0.410 e. The number of hydrogen-bond donors (Lipinski definition) is 2. The molecule has 0 spiro atoms. The maximum atomic E-state index is 12.7. The number of oxime groups is 1. The van der Waals surface area contributed by atoms with Gasteiger partial charge >= 0.3 is 0 Å². The summed E-state index contributed by atoms with van der Waals surface area (Å²) in [4.78, 5) is 14.0. The van der Waals surface area contributed by atoms with Gasteiger partial charge in [-0.2, -0.15) is 0 Å². The number of carbonyl (C=O) groups excluding carboxylic acids is 1. The Morgan fingerprint density at radius 2 is 2.13 bits per heavy atom. The lowest BCUT2D eigenvalue weighted by Crippen LogP contribution is -2.40. The summed E-state index contributed by atoms with van der Waals surface area (Å²) in [6.07, 6.45) is 3.35. The molecule has 1 fully saturated rings. The van der Waals surface area contributed by atoms with Crippen molar-refractivity contribution in [3.8, 4) is 0 Å². The number of allylic oxidation sites excluding steroid dienone is 1. The number of nitrogens with zero attached hydrogens (tertiary/aromatic N) is 3. The molecule has 2 aliphatic heterocycles. The van der Waals surface area contributed by atoms with Crippen LogP contribution < -0.4 is 5.32 Å². The zero-order valence-electron chi connectivity index (χ0n) is 13.1. The van der Waals surface area contributed by atoms with E-state index in [1.807, 2.05) is 18.0 Å². The fourth-order valence-corrected chi connectivity index (χ4v) is 4.33. The number of hydrogen-bond acceptors (Lipinski definition) is 6. The van der Waals surface area contributed by atoms with Crippen molar-refractivity contribution in [1.29, 1.82) is 0 Å². The molecule has 3 aliphatic rings. The summed E-state index contributed by atoms with van der Waals surface area (Å²) >= 11 is 0. The topological polar surface area (TPSA) is 102 Å². The third-order valence-electron chi connectivity index (χ3n) is 4.23. The third-order valence-corrected chi connectivity index (χ3v) is 6.28. The average molecular weight is 338 g/mol. The second kappa shape index (κ2) is 5.29. The molecule has 0 aromatic rings. The van der Waals surface area contributed by atoms with Gasteiger partial charge in [0.1, 0.15) is 5.25 Å². The van der Waals surface area contributed by atoms with E-state index in [2.05, 4.69) is 10.5 Å². The highest BCUT2D eigenvalue weighted by molar-refractivity contribution is 7.90. The molecule has 1 amide bonds. The summed E-state index contributed by atoms with van der Waals surface area (Å²) in [6.45, 7) is 1.14. The Hall–Kier alpha value is -1.97. The zero-order chi connectivity index (χ0) is 16.9. The fourth-order valence-electron chi connectivity index (χ4n) is 3.01. The molecule has 9 heteroatoms. The quantitative estimate of drug-likeness (QED) is 0.511. The standard InChI is InChI=1S/C14H18N4O4S/c1-17(2)23(21,22)11-6-9-12(15-14(19)13(9)16-20)10-7-18(3)5-4-8(10)11/h4,6,11,20H,5,7H2,1-3H3,(H,15,19). The minimum atomic E-state index is -3.62.